The van der Waals surface area contributed by atoms with E-state index in [0.717, 1.165) is 22.0 Å². The molecule has 51 heavy (non-hydrogen) atoms. The van der Waals surface area contributed by atoms with Crippen LogP contribution >= 0.6 is 0 Å². The summed E-state index contributed by atoms with van der Waals surface area (Å²) in [6.45, 7) is -0.0774. The number of esters is 1. The van der Waals surface area contributed by atoms with Crippen LogP contribution in [0.5, 0.6) is 28.7 Å². The second-order valence-corrected chi connectivity index (χ2v) is 12.9. The van der Waals surface area contributed by atoms with Gasteiger partial charge in [-0.2, -0.15) is 0 Å². The highest BCUT2D eigenvalue weighted by Crippen LogP contribution is 2.58. The molecule has 5 aliphatic rings. The first kappa shape index (κ1) is 32.8. The molecular formula is C36H34N2O13. The maximum Gasteiger partial charge on any atom is 0.317 e. The molecule has 5 N–H and O–H groups in total. The van der Waals surface area contributed by atoms with E-state index in [1.54, 1.807) is 20.3 Å². The molecule has 5 aliphatic heterocycles. The first-order valence-corrected chi connectivity index (χ1v) is 16.2. The summed E-state index contributed by atoms with van der Waals surface area (Å²) in [7, 11) is 3.10. The van der Waals surface area contributed by atoms with Gasteiger partial charge in [-0.25, -0.2) is 0 Å². The Morgan fingerprint density at radius 2 is 1.96 bits per heavy atom. The summed E-state index contributed by atoms with van der Waals surface area (Å²) >= 11 is 0. The molecule has 4 aromatic rings. The van der Waals surface area contributed by atoms with Crippen LogP contribution in [0.2, 0.25) is 0 Å². The number of hydrogen-bond donors (Lipinski definition) is 5. The molecule has 7 heterocycles. The number of aliphatic hydroxyl groups excluding tert-OH is 2. The zero-order chi connectivity index (χ0) is 35.6. The van der Waals surface area contributed by atoms with Crippen LogP contribution in [-0.4, -0.2) is 99.6 Å². The number of aliphatic carboxylic acids is 1. The van der Waals surface area contributed by atoms with Crippen molar-refractivity contribution in [1.29, 1.82) is 0 Å². The molecule has 15 nitrogen and oxygen atoms in total. The van der Waals surface area contributed by atoms with Gasteiger partial charge in [-0.1, -0.05) is 17.9 Å². The summed E-state index contributed by atoms with van der Waals surface area (Å²) in [5.74, 6) is 5.57. The summed E-state index contributed by atoms with van der Waals surface area (Å²) in [5.41, 5.74) is 1.44. The van der Waals surface area contributed by atoms with E-state index in [1.165, 1.54) is 0 Å². The van der Waals surface area contributed by atoms with Gasteiger partial charge in [-0.05, 0) is 12.1 Å². The normalized spacial score (nSPS) is 26.9. The molecule has 1 fully saturated rings. The fraction of sp³-hybridized carbons (Fsp3) is 0.389. The second kappa shape index (κ2) is 12.4. The summed E-state index contributed by atoms with van der Waals surface area (Å²) in [6.07, 6.45) is -2.62. The van der Waals surface area contributed by atoms with Gasteiger partial charge < -0.3 is 63.1 Å². The lowest BCUT2D eigenvalue weighted by atomic mass is 9.81. The Kier molecular flexibility index (Phi) is 7.99. The van der Waals surface area contributed by atoms with E-state index in [1.807, 2.05) is 41.4 Å². The summed E-state index contributed by atoms with van der Waals surface area (Å²) < 4.78 is 43.6. The van der Waals surface area contributed by atoms with Crippen molar-refractivity contribution >= 4 is 22.8 Å². The lowest BCUT2D eigenvalue weighted by Gasteiger charge is -2.47. The van der Waals surface area contributed by atoms with E-state index >= 15 is 0 Å². The number of carbonyl (C=O) groups excluding carboxylic acids is 1. The molecule has 0 saturated carbocycles. The number of hydrogen-bond acceptors (Lipinski definition) is 12. The molecule has 0 spiro atoms. The van der Waals surface area contributed by atoms with Gasteiger partial charge in [0.25, 0.3) is 0 Å². The fourth-order valence-corrected chi connectivity index (χ4v) is 7.35. The summed E-state index contributed by atoms with van der Waals surface area (Å²) in [4.78, 5) is 26.2. The van der Waals surface area contributed by atoms with Gasteiger partial charge in [0.1, 0.15) is 54.5 Å². The van der Waals surface area contributed by atoms with Crippen LogP contribution in [-0.2, 0) is 25.6 Å². The van der Waals surface area contributed by atoms with Crippen LogP contribution in [0.4, 0.5) is 0 Å². The van der Waals surface area contributed by atoms with Gasteiger partial charge >= 0.3 is 11.9 Å². The highest BCUT2D eigenvalue weighted by molar-refractivity contribution is 5.90. The molecule has 0 radical (unpaired) electrons. The number of carbonyl (C=O) groups is 2. The van der Waals surface area contributed by atoms with Gasteiger partial charge in [0.2, 0.25) is 12.0 Å². The van der Waals surface area contributed by atoms with Crippen molar-refractivity contribution in [2.24, 2.45) is 0 Å². The lowest BCUT2D eigenvalue weighted by Crippen LogP contribution is -2.68. The van der Waals surface area contributed by atoms with Gasteiger partial charge in [-0.15, -0.1) is 0 Å². The van der Waals surface area contributed by atoms with Crippen molar-refractivity contribution in [1.82, 2.24) is 9.55 Å². The molecule has 9 rings (SSSR count). The van der Waals surface area contributed by atoms with Crippen LogP contribution in [0.3, 0.4) is 0 Å². The number of nitrogens with zero attached hydrogens (tertiary/aromatic N) is 1. The maximum absolute atomic E-state index is 12.0. The van der Waals surface area contributed by atoms with Crippen molar-refractivity contribution in [2.75, 3.05) is 27.4 Å². The van der Waals surface area contributed by atoms with Gasteiger partial charge in [-0.3, -0.25) is 9.59 Å². The monoisotopic (exact) mass is 702 g/mol. The Morgan fingerprint density at radius 1 is 1.12 bits per heavy atom. The second-order valence-electron chi connectivity index (χ2n) is 12.9. The van der Waals surface area contributed by atoms with Crippen LogP contribution in [0.1, 0.15) is 47.1 Å². The maximum atomic E-state index is 12.0. The number of aliphatic hydroxyl groups is 3. The number of H-pyrrole nitrogens is 1. The van der Waals surface area contributed by atoms with Gasteiger partial charge in [0.15, 0.2) is 11.5 Å². The highest BCUT2D eigenvalue weighted by Gasteiger charge is 2.56. The van der Waals surface area contributed by atoms with Gasteiger partial charge in [0.05, 0.1) is 37.8 Å². The number of aromatic amines is 1. The molecule has 1 saturated heterocycles. The van der Waals surface area contributed by atoms with Crippen molar-refractivity contribution < 1.29 is 63.2 Å². The molecule has 2 aromatic carbocycles. The SMILES string of the molecule is COc1ccc2c(c1OC)OC1c3c(cc4c(c3Cn3cc5cc[nH]c5c3)C#CCC3(O)C(COC(=O)CC(=O)O)OC(O4)C(O)C3O)OCC21. The number of carboxylic acid groups (broad SMARTS) is 1. The molecule has 266 valence electrons. The average Bonchev–Trinajstić information content (AvgIpc) is 3.81. The number of methoxy groups -OCH3 is 2. The lowest BCUT2D eigenvalue weighted by molar-refractivity contribution is -0.312. The number of rotatable bonds is 8. The topological polar surface area (TPSA) is 200 Å². The van der Waals surface area contributed by atoms with Crippen molar-refractivity contribution in [2.45, 2.75) is 61.6 Å². The van der Waals surface area contributed by atoms with E-state index < -0.39 is 67.7 Å². The minimum absolute atomic E-state index is 0.174. The van der Waals surface area contributed by atoms with Crippen LogP contribution in [0.15, 0.2) is 42.9 Å². The largest absolute Gasteiger partial charge is 0.493 e. The van der Waals surface area contributed by atoms with E-state index in [2.05, 4.69) is 16.8 Å². The molecule has 2 aromatic heterocycles. The number of benzene rings is 2. The van der Waals surface area contributed by atoms with Crippen LogP contribution < -0.4 is 23.7 Å². The number of carboxylic acids is 1. The van der Waals surface area contributed by atoms with Crippen molar-refractivity contribution in [3.05, 3.63) is 65.1 Å². The Balaban J connectivity index is 1.24. The fourth-order valence-electron chi connectivity index (χ4n) is 7.35. The predicted molar refractivity (Wildman–Crippen MR) is 174 cm³/mol. The summed E-state index contributed by atoms with van der Waals surface area (Å²) in [5, 5.41) is 43.9. The Bertz CT molecular complexity index is 2080. The first-order chi connectivity index (χ1) is 24.6. The number of aromatic nitrogens is 2. The Hall–Kier alpha value is -5.40. The van der Waals surface area contributed by atoms with Crippen molar-refractivity contribution in [3.8, 4) is 40.6 Å². The molecule has 15 heteroatoms. The Labute approximate surface area is 290 Å². The molecule has 0 aliphatic carbocycles. The highest BCUT2D eigenvalue weighted by atomic mass is 16.7. The van der Waals surface area contributed by atoms with E-state index in [0.29, 0.717) is 40.7 Å². The van der Waals surface area contributed by atoms with E-state index in [4.69, 9.17) is 38.3 Å². The number of ether oxygens (including phenoxy) is 7. The van der Waals surface area contributed by atoms with Crippen LogP contribution in [0.25, 0.3) is 10.9 Å². The van der Waals surface area contributed by atoms with Crippen molar-refractivity contribution in [3.63, 3.8) is 0 Å². The molecule has 2 bridgehead atoms. The molecular weight excluding hydrogens is 668 g/mol. The minimum atomic E-state index is -2.22. The van der Waals surface area contributed by atoms with Crippen LogP contribution in [0, 0.1) is 11.8 Å². The molecule has 7 atom stereocenters. The van der Waals surface area contributed by atoms with Gasteiger partial charge in [0, 0.05) is 59.7 Å². The summed E-state index contributed by atoms with van der Waals surface area (Å²) in [6, 6.07) is 7.36. The number of fused-ring (bicyclic) bond motifs is 9. The number of nitrogens with one attached hydrogen (secondary N) is 1. The third-order valence-corrected chi connectivity index (χ3v) is 9.89. The zero-order valence-corrected chi connectivity index (χ0v) is 27.5. The average molecular weight is 703 g/mol. The molecule has 7 unspecified atom stereocenters. The van der Waals surface area contributed by atoms with E-state index in [-0.39, 0.29) is 18.3 Å². The quantitative estimate of drug-likeness (QED) is 0.102. The third kappa shape index (κ3) is 5.38. The third-order valence-electron chi connectivity index (χ3n) is 9.89. The first-order valence-electron chi connectivity index (χ1n) is 16.2. The molecule has 0 amide bonds. The predicted octanol–water partition coefficient (Wildman–Crippen LogP) is 1.97. The zero-order valence-electron chi connectivity index (χ0n) is 27.5. The standard InChI is InChI=1S/C36H34N2O13/c1-45-23-6-5-19-21-15-47-25-10-24-18(4-3-8-36(44)26(16-48-28(41)11-27(39)40)50-35(49-24)30(42)34(36)43)20(13-38-12-17-7-9-37-22(17)14-38)29(25)31(21)51-32(19)33(23)46-2/h5-7,9-10,12,14,21,26,30-31,34-35,37,42-44H,8,11,13,15-16H2,1-2H3,(H,39,40). The minimum Gasteiger partial charge on any atom is -0.493 e. The van der Waals surface area contributed by atoms with E-state index in [9.17, 15) is 24.9 Å². The Morgan fingerprint density at radius 3 is 2.73 bits per heavy atom. The smallest absolute Gasteiger partial charge is 0.317 e.